The van der Waals surface area contributed by atoms with Gasteiger partial charge in [0.25, 0.3) is 20.2 Å². The number of carbonyl (C=O) groups is 1. The number of ketones is 1. The van der Waals surface area contributed by atoms with Crippen LogP contribution in [-0.4, -0.2) is 36.8 Å². The third kappa shape index (κ3) is 5.95. The van der Waals surface area contributed by atoms with Gasteiger partial charge in [0, 0.05) is 10.9 Å². The van der Waals surface area contributed by atoms with Crippen molar-refractivity contribution >= 4 is 54.2 Å². The second-order valence-electron chi connectivity index (χ2n) is 7.76. The number of hydrogen-bond donors (Lipinski definition) is 3. The SMILES string of the molecule is O=C(/C=C/c1cccc(N=Nc2c(O)c(S(=O)(=O)O)cc3cc(S(=O)(=O)O)ccc23)c1)c1ccccc1. The average Bonchev–Trinajstić information content (AvgIpc) is 2.85. The fourth-order valence-corrected chi connectivity index (χ4v) is 4.59. The highest BCUT2D eigenvalue weighted by atomic mass is 32.2. The van der Waals surface area contributed by atoms with E-state index in [4.69, 9.17) is 0 Å². The first-order chi connectivity index (χ1) is 17.4. The number of benzene rings is 4. The molecule has 37 heavy (non-hydrogen) atoms. The summed E-state index contributed by atoms with van der Waals surface area (Å²) in [6, 6.07) is 19.3. The van der Waals surface area contributed by atoms with Gasteiger partial charge in [-0.05, 0) is 47.4 Å². The van der Waals surface area contributed by atoms with Crippen LogP contribution in [0.4, 0.5) is 11.4 Å². The molecule has 4 aromatic carbocycles. The summed E-state index contributed by atoms with van der Waals surface area (Å²) in [5, 5.41) is 18.6. The van der Waals surface area contributed by atoms with Crippen molar-refractivity contribution in [2.45, 2.75) is 9.79 Å². The summed E-state index contributed by atoms with van der Waals surface area (Å²) in [6.07, 6.45) is 2.98. The van der Waals surface area contributed by atoms with Gasteiger partial charge in [-0.1, -0.05) is 54.6 Å². The highest BCUT2D eigenvalue weighted by Gasteiger charge is 2.23. The van der Waals surface area contributed by atoms with E-state index in [-0.39, 0.29) is 27.9 Å². The van der Waals surface area contributed by atoms with Crippen molar-refractivity contribution in [1.29, 1.82) is 0 Å². The zero-order chi connectivity index (χ0) is 26.8. The van der Waals surface area contributed by atoms with Gasteiger partial charge in [0.1, 0.15) is 10.6 Å². The minimum atomic E-state index is -4.93. The highest BCUT2D eigenvalue weighted by Crippen LogP contribution is 2.42. The normalized spacial score (nSPS) is 12.5. The topological polar surface area (TPSA) is 171 Å². The molecule has 0 aromatic heterocycles. The number of nitrogens with zero attached hydrogens (tertiary/aromatic N) is 2. The summed E-state index contributed by atoms with van der Waals surface area (Å²) in [5.74, 6) is -1.10. The van der Waals surface area contributed by atoms with Crippen molar-refractivity contribution in [3.05, 3.63) is 96.1 Å². The average molecular weight is 539 g/mol. The van der Waals surface area contributed by atoms with Crippen LogP contribution >= 0.6 is 0 Å². The summed E-state index contributed by atoms with van der Waals surface area (Å²) in [5.41, 5.74) is 1.06. The number of phenolic OH excluding ortho intramolecular Hbond substituents is 1. The fourth-order valence-electron chi connectivity index (χ4n) is 3.46. The summed E-state index contributed by atoms with van der Waals surface area (Å²) in [7, 11) is -9.54. The summed E-state index contributed by atoms with van der Waals surface area (Å²) >= 11 is 0. The molecule has 0 aliphatic carbocycles. The quantitative estimate of drug-likeness (QED) is 0.122. The predicted octanol–water partition coefficient (Wildman–Crippen LogP) is 5.35. The predicted molar refractivity (Wildman–Crippen MR) is 136 cm³/mol. The van der Waals surface area contributed by atoms with Crippen molar-refractivity contribution in [3.63, 3.8) is 0 Å². The lowest BCUT2D eigenvalue weighted by atomic mass is 10.1. The monoisotopic (exact) mass is 538 g/mol. The van der Waals surface area contributed by atoms with Gasteiger partial charge in [-0.3, -0.25) is 13.9 Å². The van der Waals surface area contributed by atoms with Gasteiger partial charge in [-0.2, -0.15) is 21.9 Å². The molecule has 0 radical (unpaired) electrons. The van der Waals surface area contributed by atoms with E-state index in [1.807, 2.05) is 0 Å². The van der Waals surface area contributed by atoms with Crippen molar-refractivity contribution in [3.8, 4) is 5.75 Å². The zero-order valence-corrected chi connectivity index (χ0v) is 20.4. The van der Waals surface area contributed by atoms with Gasteiger partial charge in [0.15, 0.2) is 11.5 Å². The van der Waals surface area contributed by atoms with E-state index in [0.717, 1.165) is 18.2 Å². The van der Waals surface area contributed by atoms with Crippen LogP contribution in [0.1, 0.15) is 15.9 Å². The minimum Gasteiger partial charge on any atom is -0.504 e. The maximum absolute atomic E-state index is 12.3. The molecule has 0 saturated heterocycles. The number of fused-ring (bicyclic) bond motifs is 1. The van der Waals surface area contributed by atoms with E-state index in [1.165, 1.54) is 12.1 Å². The molecule has 0 spiro atoms. The molecule has 0 saturated carbocycles. The van der Waals surface area contributed by atoms with Crippen molar-refractivity contribution in [1.82, 2.24) is 0 Å². The molecule has 0 heterocycles. The second-order valence-corrected chi connectivity index (χ2v) is 10.6. The molecule has 0 aliphatic rings. The Morgan fingerprint density at radius 2 is 1.51 bits per heavy atom. The van der Waals surface area contributed by atoms with Crippen molar-refractivity contribution < 1.29 is 35.8 Å². The Morgan fingerprint density at radius 3 is 2.19 bits per heavy atom. The first-order valence-electron chi connectivity index (χ1n) is 10.5. The summed E-state index contributed by atoms with van der Waals surface area (Å²) in [4.78, 5) is 10.8. The summed E-state index contributed by atoms with van der Waals surface area (Å²) in [6.45, 7) is 0. The molecule has 4 rings (SSSR count). The van der Waals surface area contributed by atoms with Crippen LogP contribution in [-0.2, 0) is 20.2 Å². The van der Waals surface area contributed by atoms with Crippen LogP contribution in [0.5, 0.6) is 5.75 Å². The number of azo groups is 1. The van der Waals surface area contributed by atoms with E-state index in [1.54, 1.807) is 60.7 Å². The number of hydrogen-bond acceptors (Lipinski definition) is 8. The largest absolute Gasteiger partial charge is 0.504 e. The van der Waals surface area contributed by atoms with Crippen LogP contribution in [0, 0.1) is 0 Å². The Kier molecular flexibility index (Phi) is 7.01. The number of carbonyl (C=O) groups excluding carboxylic acids is 1. The van der Waals surface area contributed by atoms with Crippen LogP contribution < -0.4 is 0 Å². The van der Waals surface area contributed by atoms with E-state index in [0.29, 0.717) is 11.1 Å². The number of allylic oxidation sites excluding steroid dienone is 1. The molecule has 4 aromatic rings. The standard InChI is InChI=1S/C25H18N2O8S2/c28-22(17-6-2-1-3-7-17)12-9-16-5-4-8-19(13-16)26-27-24-21-11-10-20(36(30,31)32)14-18(21)15-23(25(24)29)37(33,34)35/h1-15,29H,(H,30,31,32)(H,33,34,35)/b12-9+,27-26?. The van der Waals surface area contributed by atoms with Crippen LogP contribution in [0.15, 0.2) is 105 Å². The molecule has 0 bridgehead atoms. The highest BCUT2D eigenvalue weighted by molar-refractivity contribution is 7.86. The number of aromatic hydroxyl groups is 1. The lowest BCUT2D eigenvalue weighted by Crippen LogP contribution is -2.00. The molecular weight excluding hydrogens is 520 g/mol. The van der Waals surface area contributed by atoms with Crippen LogP contribution in [0.3, 0.4) is 0 Å². The van der Waals surface area contributed by atoms with Crippen molar-refractivity contribution in [2.75, 3.05) is 0 Å². The Labute approximate surface area is 211 Å². The maximum atomic E-state index is 12.3. The van der Waals surface area contributed by atoms with Gasteiger partial charge in [-0.15, -0.1) is 5.11 Å². The smallest absolute Gasteiger partial charge is 0.298 e. The third-order valence-electron chi connectivity index (χ3n) is 5.22. The Hall–Kier alpha value is -4.23. The lowest BCUT2D eigenvalue weighted by Gasteiger charge is -2.09. The summed E-state index contributed by atoms with van der Waals surface area (Å²) < 4.78 is 65.4. The second kappa shape index (κ2) is 10.0. The van der Waals surface area contributed by atoms with E-state index in [2.05, 4.69) is 10.2 Å². The molecule has 0 aliphatic heterocycles. The molecule has 0 atom stereocenters. The van der Waals surface area contributed by atoms with E-state index < -0.39 is 35.8 Å². The fraction of sp³-hybridized carbons (Fsp3) is 0. The first-order valence-corrected chi connectivity index (χ1v) is 13.4. The number of rotatable bonds is 7. The van der Waals surface area contributed by atoms with E-state index in [9.17, 15) is 35.8 Å². The molecular formula is C25H18N2O8S2. The van der Waals surface area contributed by atoms with Gasteiger partial charge in [0.2, 0.25) is 0 Å². The molecule has 3 N–H and O–H groups in total. The van der Waals surface area contributed by atoms with Crippen molar-refractivity contribution in [2.24, 2.45) is 10.2 Å². The van der Waals surface area contributed by atoms with Crippen LogP contribution in [0.25, 0.3) is 16.8 Å². The Balaban J connectivity index is 1.74. The molecule has 12 heteroatoms. The molecule has 0 unspecified atom stereocenters. The van der Waals surface area contributed by atoms with E-state index >= 15 is 0 Å². The zero-order valence-electron chi connectivity index (χ0n) is 18.8. The molecule has 0 amide bonds. The van der Waals surface area contributed by atoms with Gasteiger partial charge in [0.05, 0.1) is 10.6 Å². The molecule has 10 nitrogen and oxygen atoms in total. The Bertz CT molecular complexity index is 1800. The molecule has 188 valence electrons. The van der Waals surface area contributed by atoms with Gasteiger partial charge >= 0.3 is 0 Å². The number of phenols is 1. The van der Waals surface area contributed by atoms with Gasteiger partial charge in [-0.25, -0.2) is 0 Å². The Morgan fingerprint density at radius 1 is 0.784 bits per heavy atom. The lowest BCUT2D eigenvalue weighted by molar-refractivity contribution is 0.104. The first kappa shape index (κ1) is 25.9. The minimum absolute atomic E-state index is 0.0504. The maximum Gasteiger partial charge on any atom is 0.298 e. The molecule has 0 fully saturated rings. The van der Waals surface area contributed by atoms with Crippen LogP contribution in [0.2, 0.25) is 0 Å². The van der Waals surface area contributed by atoms with Gasteiger partial charge < -0.3 is 5.11 Å². The third-order valence-corrected chi connectivity index (χ3v) is 6.94.